The smallest absolute Gasteiger partial charge is 0.176 e. The van der Waals surface area contributed by atoms with Crippen molar-refractivity contribution >= 4 is 16.6 Å². The van der Waals surface area contributed by atoms with Crippen LogP contribution in [0, 0.1) is 0 Å². The molecule has 0 amide bonds. The molecule has 2 aromatic carbocycles. The van der Waals surface area contributed by atoms with E-state index >= 15 is 0 Å². The SMILES string of the molecule is COc1ccccc1-c1ccc2c(C3=NCCN3)occ2c1. The van der Waals surface area contributed by atoms with Crippen molar-refractivity contribution in [3.8, 4) is 16.9 Å². The van der Waals surface area contributed by atoms with Crippen LogP contribution in [0.3, 0.4) is 0 Å². The lowest BCUT2D eigenvalue weighted by Gasteiger charge is -2.08. The van der Waals surface area contributed by atoms with E-state index in [-0.39, 0.29) is 0 Å². The molecule has 0 saturated heterocycles. The van der Waals surface area contributed by atoms with Crippen LogP contribution in [0.4, 0.5) is 0 Å². The molecule has 1 aromatic heterocycles. The third-order valence-electron chi connectivity index (χ3n) is 3.91. The normalized spacial score (nSPS) is 14.0. The number of para-hydroxylation sites is 1. The van der Waals surface area contributed by atoms with Crippen LogP contribution in [0.1, 0.15) is 5.76 Å². The maximum Gasteiger partial charge on any atom is 0.176 e. The van der Waals surface area contributed by atoms with Gasteiger partial charge in [-0.05, 0) is 23.8 Å². The Balaban J connectivity index is 1.82. The molecule has 0 bridgehead atoms. The Kier molecular flexibility index (Phi) is 3.07. The van der Waals surface area contributed by atoms with E-state index in [2.05, 4.69) is 34.6 Å². The van der Waals surface area contributed by atoms with Crippen molar-refractivity contribution in [1.82, 2.24) is 5.32 Å². The highest BCUT2D eigenvalue weighted by Gasteiger charge is 2.16. The number of amidine groups is 1. The van der Waals surface area contributed by atoms with Crippen LogP contribution in [0.5, 0.6) is 5.75 Å². The number of nitrogens with zero attached hydrogens (tertiary/aromatic N) is 1. The number of ether oxygens (including phenoxy) is 1. The predicted molar refractivity (Wildman–Crippen MR) is 87.6 cm³/mol. The maximum absolute atomic E-state index is 5.72. The molecule has 1 N–H and O–H groups in total. The summed E-state index contributed by atoms with van der Waals surface area (Å²) >= 11 is 0. The fourth-order valence-electron chi connectivity index (χ4n) is 2.84. The van der Waals surface area contributed by atoms with Crippen molar-refractivity contribution < 1.29 is 9.15 Å². The molecule has 3 aromatic rings. The minimum absolute atomic E-state index is 0.802. The average Bonchev–Trinajstić information content (AvgIpc) is 3.23. The molecular weight excluding hydrogens is 276 g/mol. The van der Waals surface area contributed by atoms with Gasteiger partial charge in [0.25, 0.3) is 0 Å². The molecule has 0 saturated carbocycles. The van der Waals surface area contributed by atoms with Gasteiger partial charge in [-0.1, -0.05) is 24.3 Å². The first-order chi connectivity index (χ1) is 10.9. The lowest BCUT2D eigenvalue weighted by molar-refractivity contribution is 0.416. The van der Waals surface area contributed by atoms with Crippen molar-refractivity contribution in [3.05, 3.63) is 54.5 Å². The Bertz CT molecular complexity index is 864. The first kappa shape index (κ1) is 13.0. The zero-order valence-corrected chi connectivity index (χ0v) is 12.3. The van der Waals surface area contributed by atoms with Crippen molar-refractivity contribution in [1.29, 1.82) is 0 Å². The van der Waals surface area contributed by atoms with Gasteiger partial charge in [0.2, 0.25) is 0 Å². The van der Waals surface area contributed by atoms with E-state index in [1.165, 1.54) is 0 Å². The highest BCUT2D eigenvalue weighted by molar-refractivity contribution is 6.08. The highest BCUT2D eigenvalue weighted by atomic mass is 16.5. The van der Waals surface area contributed by atoms with Gasteiger partial charge in [-0.3, -0.25) is 4.99 Å². The molecule has 0 atom stereocenters. The molecule has 110 valence electrons. The number of hydrogen-bond acceptors (Lipinski definition) is 4. The molecule has 0 spiro atoms. The van der Waals surface area contributed by atoms with Gasteiger partial charge in [-0.15, -0.1) is 0 Å². The average molecular weight is 292 g/mol. The van der Waals surface area contributed by atoms with Gasteiger partial charge in [0.15, 0.2) is 11.6 Å². The number of methoxy groups -OCH3 is 1. The van der Waals surface area contributed by atoms with Crippen LogP contribution >= 0.6 is 0 Å². The van der Waals surface area contributed by atoms with Gasteiger partial charge in [-0.25, -0.2) is 0 Å². The molecule has 0 fully saturated rings. The van der Waals surface area contributed by atoms with Crippen LogP contribution in [0.15, 0.2) is 58.1 Å². The molecule has 1 aliphatic rings. The van der Waals surface area contributed by atoms with Crippen molar-refractivity contribution in [2.45, 2.75) is 0 Å². The molecule has 1 aliphatic heterocycles. The van der Waals surface area contributed by atoms with Gasteiger partial charge in [0, 0.05) is 22.9 Å². The molecule has 0 unspecified atom stereocenters. The molecular formula is C18H16N2O2. The quantitative estimate of drug-likeness (QED) is 0.804. The minimum Gasteiger partial charge on any atom is -0.496 e. The summed E-state index contributed by atoms with van der Waals surface area (Å²) in [6.45, 7) is 1.67. The van der Waals surface area contributed by atoms with Crippen molar-refractivity contribution in [2.75, 3.05) is 20.2 Å². The Morgan fingerprint density at radius 3 is 2.91 bits per heavy atom. The second kappa shape index (κ2) is 5.22. The minimum atomic E-state index is 0.802. The largest absolute Gasteiger partial charge is 0.496 e. The molecule has 4 heteroatoms. The number of furan rings is 1. The number of benzene rings is 2. The fraction of sp³-hybridized carbons (Fsp3) is 0.167. The lowest BCUT2D eigenvalue weighted by atomic mass is 10.0. The number of aliphatic imine (C=N–C) groups is 1. The van der Waals surface area contributed by atoms with Crippen LogP contribution in [0.25, 0.3) is 21.9 Å². The topological polar surface area (TPSA) is 46.8 Å². The van der Waals surface area contributed by atoms with E-state index in [0.29, 0.717) is 0 Å². The van der Waals surface area contributed by atoms with Crippen LogP contribution in [-0.2, 0) is 0 Å². The summed E-state index contributed by atoms with van der Waals surface area (Å²) in [6.07, 6.45) is 1.78. The van der Waals surface area contributed by atoms with Crippen LogP contribution in [-0.4, -0.2) is 26.0 Å². The molecule has 0 radical (unpaired) electrons. The summed E-state index contributed by atoms with van der Waals surface area (Å²) in [6, 6.07) is 14.3. The fourth-order valence-corrected chi connectivity index (χ4v) is 2.84. The van der Waals surface area contributed by atoms with Gasteiger partial charge in [0.05, 0.1) is 19.9 Å². The Morgan fingerprint density at radius 1 is 1.18 bits per heavy atom. The Labute approximate surface area is 128 Å². The molecule has 4 nitrogen and oxygen atoms in total. The second-order valence-electron chi connectivity index (χ2n) is 5.22. The predicted octanol–water partition coefficient (Wildman–Crippen LogP) is 3.46. The van der Waals surface area contributed by atoms with E-state index < -0.39 is 0 Å². The highest BCUT2D eigenvalue weighted by Crippen LogP contribution is 2.33. The van der Waals surface area contributed by atoms with E-state index in [9.17, 15) is 0 Å². The molecule has 0 aliphatic carbocycles. The number of fused-ring (bicyclic) bond motifs is 1. The number of rotatable bonds is 3. The van der Waals surface area contributed by atoms with E-state index in [0.717, 1.165) is 52.3 Å². The van der Waals surface area contributed by atoms with Crippen LogP contribution < -0.4 is 10.1 Å². The summed E-state index contributed by atoms with van der Waals surface area (Å²) in [7, 11) is 1.69. The summed E-state index contributed by atoms with van der Waals surface area (Å²) in [5.74, 6) is 2.53. The van der Waals surface area contributed by atoms with Crippen LogP contribution in [0.2, 0.25) is 0 Å². The van der Waals surface area contributed by atoms with E-state index in [4.69, 9.17) is 9.15 Å². The van der Waals surface area contributed by atoms with Crippen molar-refractivity contribution in [3.63, 3.8) is 0 Å². The summed E-state index contributed by atoms with van der Waals surface area (Å²) in [5.41, 5.74) is 2.18. The van der Waals surface area contributed by atoms with Gasteiger partial charge in [0.1, 0.15) is 5.75 Å². The van der Waals surface area contributed by atoms with Gasteiger partial charge in [-0.2, -0.15) is 0 Å². The summed E-state index contributed by atoms with van der Waals surface area (Å²) in [4.78, 5) is 4.43. The third-order valence-corrected chi connectivity index (χ3v) is 3.91. The monoisotopic (exact) mass is 292 g/mol. The second-order valence-corrected chi connectivity index (χ2v) is 5.22. The first-order valence-electron chi connectivity index (χ1n) is 7.30. The number of nitrogens with one attached hydrogen (secondary N) is 1. The lowest BCUT2D eigenvalue weighted by Crippen LogP contribution is -2.18. The Hall–Kier alpha value is -2.75. The number of hydrogen-bond donors (Lipinski definition) is 1. The molecule has 2 heterocycles. The standard InChI is InChI=1S/C18H16N2O2/c1-21-16-5-3-2-4-14(16)12-6-7-15-13(10-12)11-22-17(15)18-19-8-9-20-18/h2-7,10-11H,8-9H2,1H3,(H,19,20). The summed E-state index contributed by atoms with van der Waals surface area (Å²) < 4.78 is 11.2. The van der Waals surface area contributed by atoms with Crippen molar-refractivity contribution in [2.24, 2.45) is 4.99 Å². The first-order valence-corrected chi connectivity index (χ1v) is 7.30. The maximum atomic E-state index is 5.72. The molecule has 22 heavy (non-hydrogen) atoms. The zero-order valence-electron chi connectivity index (χ0n) is 12.3. The summed E-state index contributed by atoms with van der Waals surface area (Å²) in [5, 5.41) is 5.39. The Morgan fingerprint density at radius 2 is 2.09 bits per heavy atom. The van der Waals surface area contributed by atoms with E-state index in [1.807, 2.05) is 18.2 Å². The van der Waals surface area contributed by atoms with E-state index in [1.54, 1.807) is 13.4 Å². The zero-order chi connectivity index (χ0) is 14.9. The molecule has 4 rings (SSSR count). The van der Waals surface area contributed by atoms with Gasteiger partial charge < -0.3 is 14.5 Å². The van der Waals surface area contributed by atoms with Gasteiger partial charge >= 0.3 is 0 Å². The third kappa shape index (κ3) is 2.04.